The maximum atomic E-state index is 11.5. The second kappa shape index (κ2) is 8.09. The maximum absolute atomic E-state index is 11.5. The Kier molecular flexibility index (Phi) is 5.13. The molecule has 0 amide bonds. The molecule has 8 heteroatoms. The molecule has 0 aliphatic heterocycles. The summed E-state index contributed by atoms with van der Waals surface area (Å²) in [6.07, 6.45) is 5.74. The van der Waals surface area contributed by atoms with Gasteiger partial charge in [0.1, 0.15) is 16.4 Å². The smallest absolute Gasteiger partial charge is 0.266 e. The highest BCUT2D eigenvalue weighted by Crippen LogP contribution is 2.28. The first kappa shape index (κ1) is 19.7. The van der Waals surface area contributed by atoms with Crippen molar-refractivity contribution in [2.45, 2.75) is 32.4 Å². The molecular weight excluding hydrogens is 414 g/mol. The van der Waals surface area contributed by atoms with E-state index in [0.717, 1.165) is 17.8 Å². The van der Waals surface area contributed by atoms with Gasteiger partial charge in [0.2, 0.25) is 0 Å². The number of aryl methyl sites for hydroxylation is 1. The van der Waals surface area contributed by atoms with Gasteiger partial charge >= 0.3 is 0 Å². The molecule has 1 fully saturated rings. The second-order valence-electron chi connectivity index (χ2n) is 7.68. The first-order chi connectivity index (χ1) is 15.1. The third-order valence-electron chi connectivity index (χ3n) is 5.27. The molecule has 0 bridgehead atoms. The summed E-state index contributed by atoms with van der Waals surface area (Å²) in [5.41, 5.74) is 5.13. The Morgan fingerprint density at radius 3 is 2.74 bits per heavy atom. The van der Waals surface area contributed by atoms with Crippen LogP contribution in [0.1, 0.15) is 25.5 Å². The van der Waals surface area contributed by atoms with Gasteiger partial charge in [-0.15, -0.1) is 0 Å². The van der Waals surface area contributed by atoms with E-state index in [2.05, 4.69) is 37.6 Å². The highest BCUT2D eigenvalue weighted by molar-refractivity contribution is 6.30. The normalized spacial score (nSPS) is 13.5. The van der Waals surface area contributed by atoms with Gasteiger partial charge in [-0.3, -0.25) is 9.78 Å². The SMILES string of the molecule is Cc1ncc(-c2c[nH]c(=O)c(Cl)c2)nc1-c1cc(-c2ccc(CNC3CC3)cc2)no1.[HH]. The zero-order valence-corrected chi connectivity index (χ0v) is 17.6. The monoisotopic (exact) mass is 435 g/mol. The van der Waals surface area contributed by atoms with Crippen LogP contribution in [0, 0.1) is 6.92 Å². The van der Waals surface area contributed by atoms with Crippen LogP contribution in [-0.4, -0.2) is 26.2 Å². The van der Waals surface area contributed by atoms with E-state index in [1.807, 2.05) is 25.1 Å². The molecule has 7 nitrogen and oxygen atoms in total. The summed E-state index contributed by atoms with van der Waals surface area (Å²) < 4.78 is 5.59. The van der Waals surface area contributed by atoms with Gasteiger partial charge in [0.05, 0.1) is 17.6 Å². The number of benzene rings is 1. The van der Waals surface area contributed by atoms with E-state index in [-0.39, 0.29) is 12.0 Å². The van der Waals surface area contributed by atoms with Crippen LogP contribution in [0.4, 0.5) is 0 Å². The van der Waals surface area contributed by atoms with Crippen molar-refractivity contribution in [3.05, 3.63) is 75.4 Å². The lowest BCUT2D eigenvalue weighted by Gasteiger charge is -2.05. The van der Waals surface area contributed by atoms with E-state index < -0.39 is 0 Å². The van der Waals surface area contributed by atoms with Crippen LogP contribution in [-0.2, 0) is 6.54 Å². The number of pyridine rings is 1. The van der Waals surface area contributed by atoms with Crippen LogP contribution >= 0.6 is 11.6 Å². The van der Waals surface area contributed by atoms with Crippen molar-refractivity contribution in [2.24, 2.45) is 0 Å². The Labute approximate surface area is 185 Å². The molecule has 3 aromatic heterocycles. The average Bonchev–Trinajstić information content (AvgIpc) is 3.49. The van der Waals surface area contributed by atoms with Crippen LogP contribution < -0.4 is 10.9 Å². The molecule has 31 heavy (non-hydrogen) atoms. The number of H-pyrrole nitrogens is 1. The fourth-order valence-electron chi connectivity index (χ4n) is 3.29. The number of hydrogen-bond acceptors (Lipinski definition) is 6. The highest BCUT2D eigenvalue weighted by atomic mass is 35.5. The topological polar surface area (TPSA) is 96.7 Å². The standard InChI is InChI=1S/C23H20ClN5O2.H2/c1-13-22(28-20(12-25-13)16-8-18(24)23(30)27-11-16)21-9-19(29-31-21)15-4-2-14(3-5-15)10-26-17-6-7-17;/h2-5,8-9,11-12,17,26H,6-7,10H2,1H3,(H,27,30);1H. The summed E-state index contributed by atoms with van der Waals surface area (Å²) >= 11 is 5.95. The Balaban J connectivity index is 0.00000245. The molecule has 0 saturated heterocycles. The molecule has 1 aliphatic carbocycles. The predicted octanol–water partition coefficient (Wildman–Crippen LogP) is 4.61. The predicted molar refractivity (Wildman–Crippen MR) is 121 cm³/mol. The van der Waals surface area contributed by atoms with Gasteiger partial charge < -0.3 is 14.8 Å². The lowest BCUT2D eigenvalue weighted by Crippen LogP contribution is -2.14. The van der Waals surface area contributed by atoms with E-state index in [1.165, 1.54) is 18.4 Å². The maximum Gasteiger partial charge on any atom is 0.266 e. The molecule has 3 heterocycles. The summed E-state index contributed by atoms with van der Waals surface area (Å²) in [7, 11) is 0. The van der Waals surface area contributed by atoms with Crippen LogP contribution in [0.25, 0.3) is 34.0 Å². The molecule has 2 N–H and O–H groups in total. The van der Waals surface area contributed by atoms with Gasteiger partial charge in [-0.25, -0.2) is 4.98 Å². The summed E-state index contributed by atoms with van der Waals surface area (Å²) in [4.78, 5) is 23.2. The Morgan fingerprint density at radius 2 is 2.00 bits per heavy atom. The van der Waals surface area contributed by atoms with E-state index >= 15 is 0 Å². The van der Waals surface area contributed by atoms with Crippen LogP contribution in [0.5, 0.6) is 0 Å². The number of nitrogens with one attached hydrogen (secondary N) is 2. The minimum Gasteiger partial charge on any atom is -0.354 e. The number of halogens is 1. The molecule has 0 atom stereocenters. The number of rotatable bonds is 6. The molecule has 158 valence electrons. The van der Waals surface area contributed by atoms with Crippen molar-refractivity contribution >= 4 is 11.6 Å². The summed E-state index contributed by atoms with van der Waals surface area (Å²) in [5.74, 6) is 0.525. The highest BCUT2D eigenvalue weighted by Gasteiger charge is 2.20. The number of aromatic amines is 1. The number of aromatic nitrogens is 4. The van der Waals surface area contributed by atoms with Crippen molar-refractivity contribution in [1.82, 2.24) is 25.4 Å². The van der Waals surface area contributed by atoms with Crippen molar-refractivity contribution in [1.29, 1.82) is 0 Å². The zero-order valence-electron chi connectivity index (χ0n) is 16.9. The number of nitrogens with zero attached hydrogens (tertiary/aromatic N) is 3. The third kappa shape index (κ3) is 4.28. The van der Waals surface area contributed by atoms with Gasteiger partial charge in [-0.2, -0.15) is 0 Å². The van der Waals surface area contributed by atoms with Gasteiger partial charge in [-0.1, -0.05) is 41.0 Å². The van der Waals surface area contributed by atoms with Crippen molar-refractivity contribution < 1.29 is 5.95 Å². The summed E-state index contributed by atoms with van der Waals surface area (Å²) in [5, 5.41) is 7.83. The first-order valence-electron chi connectivity index (χ1n) is 10.1. The van der Waals surface area contributed by atoms with Crippen molar-refractivity contribution in [3.8, 4) is 34.0 Å². The van der Waals surface area contributed by atoms with Gasteiger partial charge in [0, 0.05) is 37.4 Å². The third-order valence-corrected chi connectivity index (χ3v) is 5.56. The molecule has 4 aromatic rings. The molecule has 1 saturated carbocycles. The Morgan fingerprint density at radius 1 is 1.19 bits per heavy atom. The molecule has 0 radical (unpaired) electrons. The molecule has 0 spiro atoms. The fourth-order valence-corrected chi connectivity index (χ4v) is 3.46. The number of hydrogen-bond donors (Lipinski definition) is 2. The summed E-state index contributed by atoms with van der Waals surface area (Å²) in [6.45, 7) is 2.74. The minimum atomic E-state index is -0.347. The van der Waals surface area contributed by atoms with Crippen LogP contribution in [0.3, 0.4) is 0 Å². The zero-order chi connectivity index (χ0) is 21.4. The molecular formula is C23H22ClN5O2. The van der Waals surface area contributed by atoms with Gasteiger partial charge in [0.15, 0.2) is 5.76 Å². The lowest BCUT2D eigenvalue weighted by molar-refractivity contribution is 0.433. The van der Waals surface area contributed by atoms with Crippen molar-refractivity contribution in [3.63, 3.8) is 0 Å². The molecule has 5 rings (SSSR count). The quantitative estimate of drug-likeness (QED) is 0.459. The molecule has 1 aromatic carbocycles. The minimum absolute atomic E-state index is 0. The molecule has 0 unspecified atom stereocenters. The van der Waals surface area contributed by atoms with Crippen LogP contribution in [0.2, 0.25) is 5.02 Å². The Hall–Kier alpha value is -3.29. The lowest BCUT2D eigenvalue weighted by atomic mass is 10.1. The van der Waals surface area contributed by atoms with E-state index in [1.54, 1.807) is 18.5 Å². The van der Waals surface area contributed by atoms with Crippen molar-refractivity contribution in [2.75, 3.05) is 0 Å². The van der Waals surface area contributed by atoms with E-state index in [4.69, 9.17) is 16.1 Å². The first-order valence-corrected chi connectivity index (χ1v) is 10.5. The fraction of sp³-hybridized carbons (Fsp3) is 0.217. The van der Waals surface area contributed by atoms with E-state index in [0.29, 0.717) is 34.4 Å². The summed E-state index contributed by atoms with van der Waals surface area (Å²) in [6, 6.07) is 12.4. The van der Waals surface area contributed by atoms with Crippen LogP contribution in [0.15, 0.2) is 58.1 Å². The Bertz CT molecular complexity index is 1300. The molecule has 1 aliphatic rings. The van der Waals surface area contributed by atoms with Gasteiger partial charge in [-0.05, 0) is 31.4 Å². The van der Waals surface area contributed by atoms with Gasteiger partial charge in [0.25, 0.3) is 5.56 Å². The second-order valence-corrected chi connectivity index (χ2v) is 8.09. The average molecular weight is 436 g/mol. The van der Waals surface area contributed by atoms with E-state index in [9.17, 15) is 4.79 Å². The largest absolute Gasteiger partial charge is 0.354 e.